The van der Waals surface area contributed by atoms with Crippen molar-refractivity contribution in [3.8, 4) is 10.3 Å². The maximum Gasteiger partial charge on any atom is 0.331 e. The van der Waals surface area contributed by atoms with E-state index in [2.05, 4.69) is 9.97 Å². The van der Waals surface area contributed by atoms with E-state index in [0.717, 1.165) is 38.6 Å². The van der Waals surface area contributed by atoms with Gasteiger partial charge < -0.3 is 4.74 Å². The molecule has 0 fully saturated rings. The number of nitrogens with zero attached hydrogens (tertiary/aromatic N) is 4. The summed E-state index contributed by atoms with van der Waals surface area (Å²) in [7, 11) is 0. The number of carbonyl (C=O) groups excluding carboxylic acids is 2. The summed E-state index contributed by atoms with van der Waals surface area (Å²) >= 11 is 3.04. The first-order chi connectivity index (χ1) is 15.4. The van der Waals surface area contributed by atoms with Crippen LogP contribution in [-0.2, 0) is 9.53 Å². The topological polar surface area (TPSA) is 79.0 Å². The molecule has 4 aromatic rings. The number of ketones is 1. The number of carbonyl (C=O) groups is 2. The van der Waals surface area contributed by atoms with Gasteiger partial charge in [-0.05, 0) is 51.5 Å². The van der Waals surface area contributed by atoms with Gasteiger partial charge >= 0.3 is 5.97 Å². The molecule has 9 heteroatoms. The van der Waals surface area contributed by atoms with Crippen molar-refractivity contribution in [1.29, 1.82) is 0 Å². The average Bonchev–Trinajstić information content (AvgIpc) is 3.54. The van der Waals surface area contributed by atoms with Crippen molar-refractivity contribution in [2.75, 3.05) is 6.61 Å². The summed E-state index contributed by atoms with van der Waals surface area (Å²) in [5.41, 5.74) is 5.11. The minimum atomic E-state index is -0.564. The molecule has 0 radical (unpaired) electrons. The van der Waals surface area contributed by atoms with E-state index in [9.17, 15) is 9.59 Å². The molecule has 0 atom stereocenters. The Balaban J connectivity index is 1.42. The zero-order valence-corrected chi connectivity index (χ0v) is 19.8. The molecule has 4 rings (SSSR count). The van der Waals surface area contributed by atoms with Crippen LogP contribution in [-0.4, -0.2) is 37.5 Å². The number of hydrogen-bond donors (Lipinski definition) is 0. The minimum absolute atomic E-state index is 0.246. The van der Waals surface area contributed by atoms with E-state index in [1.165, 1.54) is 17.4 Å². The third-order valence-corrected chi connectivity index (χ3v) is 6.68. The Labute approximate surface area is 193 Å². The summed E-state index contributed by atoms with van der Waals surface area (Å²) in [6.45, 7) is 7.43. The first-order valence-electron chi connectivity index (χ1n) is 9.92. The van der Waals surface area contributed by atoms with Gasteiger partial charge in [-0.15, -0.1) is 22.7 Å². The molecule has 0 saturated carbocycles. The zero-order valence-electron chi connectivity index (χ0n) is 18.2. The Morgan fingerprint density at radius 1 is 0.938 bits per heavy atom. The van der Waals surface area contributed by atoms with Gasteiger partial charge in [0.25, 0.3) is 0 Å². The predicted molar refractivity (Wildman–Crippen MR) is 126 cm³/mol. The Morgan fingerprint density at radius 3 is 2.12 bits per heavy atom. The van der Waals surface area contributed by atoms with Gasteiger partial charge in [0, 0.05) is 57.6 Å². The number of hydrogen-bond acceptors (Lipinski definition) is 7. The van der Waals surface area contributed by atoms with Crippen LogP contribution >= 0.6 is 22.7 Å². The van der Waals surface area contributed by atoms with Gasteiger partial charge in [-0.3, -0.25) is 13.9 Å². The Bertz CT molecular complexity index is 1300. The van der Waals surface area contributed by atoms with E-state index in [1.54, 1.807) is 35.9 Å². The van der Waals surface area contributed by atoms with E-state index in [0.29, 0.717) is 5.56 Å². The van der Waals surface area contributed by atoms with Gasteiger partial charge in [0.15, 0.2) is 16.9 Å². The molecule has 0 aliphatic carbocycles. The molecule has 0 aromatic carbocycles. The molecule has 32 heavy (non-hydrogen) atoms. The van der Waals surface area contributed by atoms with Gasteiger partial charge in [0.05, 0.1) is 0 Å². The minimum Gasteiger partial charge on any atom is -0.454 e. The van der Waals surface area contributed by atoms with Crippen molar-refractivity contribution in [1.82, 2.24) is 19.1 Å². The third kappa shape index (κ3) is 4.21. The van der Waals surface area contributed by atoms with Gasteiger partial charge in [-0.1, -0.05) is 0 Å². The first-order valence-corrected chi connectivity index (χ1v) is 11.7. The standard InChI is InChI=1S/C23H22N4O3S2/c1-14-11-18(16(3)26(14)22-24-7-9-31-22)5-6-21(29)30-13-20(28)19-12-15(2)27(17(19)4)23-25-8-10-32-23/h5-12H,13H2,1-4H3/b6-5+. The lowest BCUT2D eigenvalue weighted by molar-refractivity contribution is -0.136. The molecule has 0 unspecified atom stereocenters. The number of thiazole rings is 2. The molecular weight excluding hydrogens is 444 g/mol. The summed E-state index contributed by atoms with van der Waals surface area (Å²) in [5, 5.41) is 5.49. The van der Waals surface area contributed by atoms with Crippen LogP contribution in [0.15, 0.2) is 41.4 Å². The van der Waals surface area contributed by atoms with Gasteiger partial charge in [0.2, 0.25) is 5.78 Å². The Morgan fingerprint density at radius 2 is 1.53 bits per heavy atom. The van der Waals surface area contributed by atoms with Crippen LogP contribution in [0.5, 0.6) is 0 Å². The predicted octanol–water partition coefficient (Wildman–Crippen LogP) is 4.85. The summed E-state index contributed by atoms with van der Waals surface area (Å²) < 4.78 is 9.18. The molecule has 4 heterocycles. The van der Waals surface area contributed by atoms with Crippen LogP contribution in [0.1, 0.15) is 38.7 Å². The molecule has 0 N–H and O–H groups in total. The van der Waals surface area contributed by atoms with E-state index in [1.807, 2.05) is 53.7 Å². The normalized spacial score (nSPS) is 11.4. The highest BCUT2D eigenvalue weighted by molar-refractivity contribution is 7.12. The number of aryl methyl sites for hydroxylation is 2. The number of ether oxygens (including phenoxy) is 1. The fourth-order valence-corrected chi connectivity index (χ4v) is 5.17. The maximum absolute atomic E-state index is 12.7. The summed E-state index contributed by atoms with van der Waals surface area (Å²) in [6.07, 6.45) is 6.54. The second-order valence-electron chi connectivity index (χ2n) is 7.28. The van der Waals surface area contributed by atoms with Crippen LogP contribution in [0.4, 0.5) is 0 Å². The van der Waals surface area contributed by atoms with Crippen molar-refractivity contribution in [3.05, 3.63) is 75.3 Å². The van der Waals surface area contributed by atoms with Crippen molar-refractivity contribution >= 4 is 40.5 Å². The van der Waals surface area contributed by atoms with Gasteiger partial charge in [-0.25, -0.2) is 14.8 Å². The molecule has 0 bridgehead atoms. The highest BCUT2D eigenvalue weighted by Gasteiger charge is 2.19. The van der Waals surface area contributed by atoms with E-state index < -0.39 is 5.97 Å². The monoisotopic (exact) mass is 466 g/mol. The Hall–Kier alpha value is -3.30. The molecular formula is C23H22N4O3S2. The third-order valence-electron chi connectivity index (χ3n) is 5.17. The Kier molecular flexibility index (Phi) is 6.20. The molecule has 0 amide bonds. The largest absolute Gasteiger partial charge is 0.454 e. The summed E-state index contributed by atoms with van der Waals surface area (Å²) in [6, 6.07) is 3.79. The molecule has 0 aliphatic rings. The van der Waals surface area contributed by atoms with Crippen LogP contribution < -0.4 is 0 Å². The second kappa shape index (κ2) is 9.05. The van der Waals surface area contributed by atoms with Crippen LogP contribution in [0.3, 0.4) is 0 Å². The first kappa shape index (κ1) is 21.9. The lowest BCUT2D eigenvalue weighted by Crippen LogP contribution is -2.13. The van der Waals surface area contributed by atoms with Crippen LogP contribution in [0, 0.1) is 27.7 Å². The number of rotatable bonds is 7. The van der Waals surface area contributed by atoms with Gasteiger partial charge in [-0.2, -0.15) is 0 Å². The molecule has 4 aromatic heterocycles. The van der Waals surface area contributed by atoms with Crippen molar-refractivity contribution in [2.24, 2.45) is 0 Å². The number of aromatic nitrogens is 4. The van der Waals surface area contributed by atoms with Crippen molar-refractivity contribution in [3.63, 3.8) is 0 Å². The molecule has 0 spiro atoms. The van der Waals surface area contributed by atoms with Crippen molar-refractivity contribution < 1.29 is 14.3 Å². The molecule has 7 nitrogen and oxygen atoms in total. The second-order valence-corrected chi connectivity index (χ2v) is 9.02. The quantitative estimate of drug-likeness (QED) is 0.221. The van der Waals surface area contributed by atoms with E-state index >= 15 is 0 Å². The molecule has 164 valence electrons. The maximum atomic E-state index is 12.7. The number of esters is 1. The fraction of sp³-hybridized carbons (Fsp3) is 0.217. The lowest BCUT2D eigenvalue weighted by Gasteiger charge is -2.06. The SMILES string of the molecule is Cc1cc(/C=C/C(=O)OCC(=O)c2cc(C)n(-c3nccs3)c2C)c(C)n1-c1nccs1. The summed E-state index contributed by atoms with van der Waals surface area (Å²) in [4.78, 5) is 33.6. The average molecular weight is 467 g/mol. The lowest BCUT2D eigenvalue weighted by atomic mass is 10.1. The van der Waals surface area contributed by atoms with E-state index in [4.69, 9.17) is 4.74 Å². The van der Waals surface area contributed by atoms with Crippen molar-refractivity contribution in [2.45, 2.75) is 27.7 Å². The highest BCUT2D eigenvalue weighted by Crippen LogP contribution is 2.24. The summed E-state index contributed by atoms with van der Waals surface area (Å²) in [5.74, 6) is -0.810. The smallest absolute Gasteiger partial charge is 0.331 e. The van der Waals surface area contributed by atoms with E-state index in [-0.39, 0.29) is 12.4 Å². The zero-order chi connectivity index (χ0) is 22.8. The fourth-order valence-electron chi connectivity index (χ4n) is 3.66. The van der Waals surface area contributed by atoms with Gasteiger partial charge in [0.1, 0.15) is 0 Å². The van der Waals surface area contributed by atoms with Crippen LogP contribution in [0.25, 0.3) is 16.3 Å². The van der Waals surface area contributed by atoms with Crippen LogP contribution in [0.2, 0.25) is 0 Å². The highest BCUT2D eigenvalue weighted by atomic mass is 32.1. The molecule has 0 aliphatic heterocycles. The molecule has 0 saturated heterocycles. The number of Topliss-reactive ketones (excluding diaryl/α,β-unsaturated/α-hetero) is 1.